The maximum Gasteiger partial charge on any atom is 0.232 e. The molecular weight excluding hydrogens is 444 g/mol. The number of amides is 1. The molecule has 0 fully saturated rings. The van der Waals surface area contributed by atoms with Gasteiger partial charge in [-0.15, -0.1) is 11.3 Å². The molecule has 0 radical (unpaired) electrons. The van der Waals surface area contributed by atoms with Gasteiger partial charge in [-0.25, -0.2) is 0 Å². The normalized spacial score (nSPS) is 20.8. The van der Waals surface area contributed by atoms with E-state index in [1.807, 2.05) is 31.2 Å². The van der Waals surface area contributed by atoms with Crippen molar-refractivity contribution in [3.63, 3.8) is 0 Å². The summed E-state index contributed by atoms with van der Waals surface area (Å²) in [5.41, 5.74) is 4.34. The number of ketones is 1. The van der Waals surface area contributed by atoms with E-state index in [2.05, 4.69) is 6.07 Å². The summed E-state index contributed by atoms with van der Waals surface area (Å²) in [5, 5.41) is 10.9. The molecule has 0 saturated heterocycles. The Bertz CT molecular complexity index is 1190. The Kier molecular flexibility index (Phi) is 6.56. The molecule has 1 aliphatic heterocycles. The van der Waals surface area contributed by atoms with E-state index in [4.69, 9.17) is 4.74 Å². The van der Waals surface area contributed by atoms with E-state index in [0.717, 1.165) is 65.3 Å². The second-order valence-electron chi connectivity index (χ2n) is 9.33. The van der Waals surface area contributed by atoms with Crippen molar-refractivity contribution in [2.24, 2.45) is 0 Å². The molecule has 1 unspecified atom stereocenters. The monoisotopic (exact) mass is 474 g/mol. The number of ether oxygens (including phenoxy) is 1. The smallest absolute Gasteiger partial charge is 0.232 e. The number of anilines is 1. The number of carbonyl (C=O) groups excluding carboxylic acids is 2. The highest BCUT2D eigenvalue weighted by Crippen LogP contribution is 2.47. The minimum absolute atomic E-state index is 0.0157. The number of rotatable bonds is 4. The maximum atomic E-state index is 13.7. The number of Topliss-reactive ketones (excluding diaryl/α,β-unsaturated/α-hetero) is 1. The van der Waals surface area contributed by atoms with Crippen LogP contribution in [0.25, 0.3) is 0 Å². The number of hydrogen-bond donors (Lipinski definition) is 0. The molecule has 0 bridgehead atoms. The van der Waals surface area contributed by atoms with Crippen molar-refractivity contribution in [2.75, 3.05) is 11.5 Å². The molecular formula is C28H30N2O3S. The van der Waals surface area contributed by atoms with Crippen LogP contribution in [0.5, 0.6) is 5.75 Å². The summed E-state index contributed by atoms with van der Waals surface area (Å²) in [5.74, 6) is 0.659. The minimum Gasteiger partial charge on any atom is -0.494 e. The molecule has 3 aliphatic rings. The van der Waals surface area contributed by atoms with Gasteiger partial charge in [-0.1, -0.05) is 25.0 Å². The van der Waals surface area contributed by atoms with Crippen molar-refractivity contribution in [1.82, 2.24) is 0 Å². The highest BCUT2D eigenvalue weighted by molar-refractivity contribution is 7.16. The number of benzene rings is 1. The van der Waals surface area contributed by atoms with Crippen LogP contribution in [0.3, 0.4) is 0 Å². The third-order valence-corrected chi connectivity index (χ3v) is 8.51. The van der Waals surface area contributed by atoms with Crippen LogP contribution >= 0.6 is 11.3 Å². The summed E-state index contributed by atoms with van der Waals surface area (Å²) in [6.45, 7) is 2.54. The van der Waals surface area contributed by atoms with Crippen molar-refractivity contribution >= 4 is 28.0 Å². The van der Waals surface area contributed by atoms with Crippen LogP contribution in [0.2, 0.25) is 0 Å². The maximum absolute atomic E-state index is 13.7. The van der Waals surface area contributed by atoms with Gasteiger partial charge in [0, 0.05) is 34.9 Å². The van der Waals surface area contributed by atoms with Crippen LogP contribution in [-0.4, -0.2) is 18.3 Å². The lowest BCUT2D eigenvalue weighted by molar-refractivity contribution is -0.119. The van der Waals surface area contributed by atoms with Crippen LogP contribution < -0.4 is 9.64 Å². The molecule has 1 amide bonds. The van der Waals surface area contributed by atoms with Crippen molar-refractivity contribution in [3.05, 3.63) is 57.1 Å². The zero-order valence-corrected chi connectivity index (χ0v) is 20.5. The molecule has 5 rings (SSSR count). The Balaban J connectivity index is 1.60. The molecule has 1 aromatic carbocycles. The van der Waals surface area contributed by atoms with Crippen molar-refractivity contribution < 1.29 is 14.3 Å². The molecule has 2 aromatic rings. The second kappa shape index (κ2) is 9.76. The molecule has 2 aliphatic carbocycles. The number of aryl methyl sites for hydroxylation is 1. The molecule has 1 atom stereocenters. The Morgan fingerprint density at radius 3 is 2.53 bits per heavy atom. The van der Waals surface area contributed by atoms with E-state index < -0.39 is 0 Å². The first-order valence-corrected chi connectivity index (χ1v) is 13.3. The van der Waals surface area contributed by atoms with Gasteiger partial charge in [0.05, 0.1) is 12.2 Å². The Morgan fingerprint density at radius 1 is 1.03 bits per heavy atom. The molecule has 34 heavy (non-hydrogen) atoms. The molecule has 0 saturated carbocycles. The predicted octanol–water partition coefficient (Wildman–Crippen LogP) is 6.21. The number of nitriles is 1. The highest BCUT2D eigenvalue weighted by atomic mass is 32.1. The predicted molar refractivity (Wildman–Crippen MR) is 133 cm³/mol. The summed E-state index contributed by atoms with van der Waals surface area (Å²) in [6.07, 6.45) is 8.66. The SMILES string of the molecule is CCOc1ccc(C2CC(=O)N(c3sc4c(c3C#N)CCCCCC4)C3=C2C(=O)CCC3)cc1. The lowest BCUT2D eigenvalue weighted by Crippen LogP contribution is -2.40. The fraction of sp³-hybridized carbons (Fsp3) is 0.464. The van der Waals surface area contributed by atoms with E-state index in [1.165, 1.54) is 17.7 Å². The zero-order chi connectivity index (χ0) is 23.7. The number of nitrogens with zero attached hydrogens (tertiary/aromatic N) is 2. The summed E-state index contributed by atoms with van der Waals surface area (Å²) in [6, 6.07) is 10.2. The average Bonchev–Trinajstić information content (AvgIpc) is 3.15. The molecule has 2 heterocycles. The second-order valence-corrected chi connectivity index (χ2v) is 10.4. The van der Waals surface area contributed by atoms with E-state index in [-0.39, 0.29) is 24.0 Å². The van der Waals surface area contributed by atoms with Gasteiger partial charge in [0.25, 0.3) is 0 Å². The van der Waals surface area contributed by atoms with Gasteiger partial charge in [0.1, 0.15) is 16.8 Å². The van der Waals surface area contributed by atoms with Crippen LogP contribution in [-0.2, 0) is 22.4 Å². The van der Waals surface area contributed by atoms with Crippen LogP contribution in [0.1, 0.15) is 85.8 Å². The molecule has 1 aromatic heterocycles. The van der Waals surface area contributed by atoms with E-state index in [0.29, 0.717) is 25.0 Å². The summed E-state index contributed by atoms with van der Waals surface area (Å²) in [7, 11) is 0. The standard InChI is InChI=1S/C28H30N2O3S/c1-2-33-19-14-12-18(13-15-19)21-16-26(32)30(23-9-7-10-24(31)27(21)23)28-22(17-29)20-8-5-3-4-6-11-25(20)34-28/h12-15,21H,2-11,16H2,1H3. The fourth-order valence-electron chi connectivity index (χ4n) is 5.65. The topological polar surface area (TPSA) is 70.4 Å². The molecule has 0 N–H and O–H groups in total. The lowest BCUT2D eigenvalue weighted by atomic mass is 9.77. The summed E-state index contributed by atoms with van der Waals surface area (Å²) < 4.78 is 5.57. The van der Waals surface area contributed by atoms with Gasteiger partial charge in [0.15, 0.2) is 5.78 Å². The largest absolute Gasteiger partial charge is 0.494 e. The van der Waals surface area contributed by atoms with E-state index >= 15 is 0 Å². The van der Waals surface area contributed by atoms with Crippen molar-refractivity contribution in [3.8, 4) is 11.8 Å². The molecule has 176 valence electrons. The third-order valence-electron chi connectivity index (χ3n) is 7.24. The quantitative estimate of drug-likeness (QED) is 0.529. The summed E-state index contributed by atoms with van der Waals surface area (Å²) >= 11 is 1.60. The lowest BCUT2D eigenvalue weighted by Gasteiger charge is -2.37. The summed E-state index contributed by atoms with van der Waals surface area (Å²) in [4.78, 5) is 29.9. The van der Waals surface area contributed by atoms with Gasteiger partial charge in [-0.2, -0.15) is 5.26 Å². The first kappa shape index (κ1) is 22.9. The van der Waals surface area contributed by atoms with Gasteiger partial charge < -0.3 is 4.74 Å². The van der Waals surface area contributed by atoms with E-state index in [9.17, 15) is 14.9 Å². The minimum atomic E-state index is -0.242. The van der Waals surface area contributed by atoms with Crippen molar-refractivity contribution in [2.45, 2.75) is 77.0 Å². The number of thiophene rings is 1. The zero-order valence-electron chi connectivity index (χ0n) is 19.7. The number of carbonyl (C=O) groups is 2. The number of fused-ring (bicyclic) bond motifs is 1. The molecule has 5 nitrogen and oxygen atoms in total. The van der Waals surface area contributed by atoms with Crippen LogP contribution in [0.15, 0.2) is 35.5 Å². The first-order valence-electron chi connectivity index (χ1n) is 12.5. The van der Waals surface area contributed by atoms with Crippen LogP contribution in [0, 0.1) is 11.3 Å². The fourth-order valence-corrected chi connectivity index (χ4v) is 7.04. The highest BCUT2D eigenvalue weighted by Gasteiger charge is 2.41. The first-order chi connectivity index (χ1) is 16.6. The van der Waals surface area contributed by atoms with E-state index in [1.54, 1.807) is 16.2 Å². The van der Waals surface area contributed by atoms with Gasteiger partial charge in [-0.3, -0.25) is 14.5 Å². The Hall–Kier alpha value is -2.91. The molecule has 6 heteroatoms. The van der Waals surface area contributed by atoms with Gasteiger partial charge in [-0.05, 0) is 68.7 Å². The number of allylic oxidation sites excluding steroid dienone is 2. The third kappa shape index (κ3) is 4.07. The Labute approximate surface area is 205 Å². The average molecular weight is 475 g/mol. The van der Waals surface area contributed by atoms with Gasteiger partial charge >= 0.3 is 0 Å². The van der Waals surface area contributed by atoms with Crippen LogP contribution in [0.4, 0.5) is 5.00 Å². The number of hydrogen-bond acceptors (Lipinski definition) is 5. The van der Waals surface area contributed by atoms with Gasteiger partial charge in [0.2, 0.25) is 5.91 Å². The molecule has 0 spiro atoms. The Morgan fingerprint density at radius 2 is 1.79 bits per heavy atom. The van der Waals surface area contributed by atoms with Crippen molar-refractivity contribution in [1.29, 1.82) is 5.26 Å².